The van der Waals surface area contributed by atoms with Crippen molar-refractivity contribution in [1.82, 2.24) is 14.8 Å². The van der Waals surface area contributed by atoms with Crippen molar-refractivity contribution in [2.24, 2.45) is 17.1 Å². The maximum atomic E-state index is 13.5. The Balaban J connectivity index is 1.31. The number of carbonyl (C=O) groups excluding carboxylic acids is 1. The summed E-state index contributed by atoms with van der Waals surface area (Å²) >= 11 is 1.28. The monoisotopic (exact) mass is 653 g/mol. The zero-order valence-electron chi connectivity index (χ0n) is 24.2. The van der Waals surface area contributed by atoms with Crippen LogP contribution in [0.4, 0.5) is 18.9 Å². The van der Waals surface area contributed by atoms with E-state index in [9.17, 15) is 26.4 Å². The van der Waals surface area contributed by atoms with Gasteiger partial charge in [0.05, 0.1) is 39.7 Å². The molecule has 14 heteroatoms. The largest absolute Gasteiger partial charge is 0.573 e. The van der Waals surface area contributed by atoms with Gasteiger partial charge in [-0.3, -0.25) is 9.48 Å². The molecule has 1 amide bonds. The lowest BCUT2D eigenvalue weighted by Gasteiger charge is -2.18. The molecule has 0 bridgehead atoms. The highest BCUT2D eigenvalue weighted by atomic mass is 32.2. The quantitative estimate of drug-likeness (QED) is 0.216. The number of rotatable bonds is 6. The van der Waals surface area contributed by atoms with Crippen molar-refractivity contribution >= 4 is 44.6 Å². The van der Waals surface area contributed by atoms with E-state index in [1.165, 1.54) is 58.0 Å². The van der Waals surface area contributed by atoms with Crippen molar-refractivity contribution in [3.63, 3.8) is 0 Å². The number of amidine groups is 1. The Bertz CT molecular complexity index is 1980. The van der Waals surface area contributed by atoms with Crippen LogP contribution in [0.2, 0.25) is 0 Å². The second kappa shape index (κ2) is 11.5. The number of aliphatic imine (C=N–C) groups is 1. The number of nitrogens with zero attached hydrogens (tertiary/aromatic N) is 5. The van der Waals surface area contributed by atoms with Gasteiger partial charge in [-0.05, 0) is 53.4 Å². The van der Waals surface area contributed by atoms with Crippen molar-refractivity contribution in [3.05, 3.63) is 83.4 Å². The zero-order chi connectivity index (χ0) is 32.1. The number of alkyl halides is 3. The SMILES string of the molecule is CC(C)c1ccccc1N=C1SCC(=O)N1/N=C\c1ccc2c(c1)S(=O)(=O)Cc1c-2nn(C)c1-c1ccc(OC(F)(F)F)cc1. The molecule has 4 aromatic rings. The third-order valence-corrected chi connectivity index (χ3v) is 9.87. The summed E-state index contributed by atoms with van der Waals surface area (Å²) in [4.78, 5) is 17.4. The number of aryl methyl sites for hydroxylation is 1. The predicted octanol–water partition coefficient (Wildman–Crippen LogP) is 6.66. The van der Waals surface area contributed by atoms with Gasteiger partial charge in [0.1, 0.15) is 5.75 Å². The number of carbonyl (C=O) groups is 1. The molecule has 0 radical (unpaired) electrons. The normalized spacial score (nSPS) is 16.9. The van der Waals surface area contributed by atoms with Crippen LogP contribution in [-0.4, -0.2) is 52.6 Å². The van der Waals surface area contributed by atoms with Crippen molar-refractivity contribution in [1.29, 1.82) is 0 Å². The fourth-order valence-electron chi connectivity index (χ4n) is 5.29. The van der Waals surface area contributed by atoms with Crippen molar-refractivity contribution in [2.75, 3.05) is 5.75 Å². The molecule has 232 valence electrons. The van der Waals surface area contributed by atoms with Crippen LogP contribution in [0.25, 0.3) is 22.5 Å². The standard InChI is InChI=1S/C31H26F3N5O4S2/c1-18(2)22-6-4-5-7-25(22)36-30-39(27(40)16-44-30)35-15-19-8-13-23-26(14-19)45(41,42)17-24-28(23)37-38(3)29(24)20-9-11-21(12-10-20)43-31(32,33)34/h4-15,18H,16-17H2,1-3H3/b35-15-,36-30?. The van der Waals surface area contributed by atoms with Crippen LogP contribution >= 0.6 is 11.8 Å². The first-order valence-corrected chi connectivity index (χ1v) is 16.4. The summed E-state index contributed by atoms with van der Waals surface area (Å²) in [5, 5.41) is 10.6. The molecule has 0 saturated carbocycles. The van der Waals surface area contributed by atoms with Crippen LogP contribution in [0.15, 0.2) is 81.7 Å². The highest BCUT2D eigenvalue weighted by Gasteiger charge is 2.35. The maximum absolute atomic E-state index is 13.5. The number of aromatic nitrogens is 2. The molecular formula is C31H26F3N5O4S2. The third kappa shape index (κ3) is 6.12. The molecule has 2 aliphatic heterocycles. The number of sulfone groups is 1. The molecule has 6 rings (SSSR count). The van der Waals surface area contributed by atoms with E-state index in [2.05, 4.69) is 28.8 Å². The number of hydrogen-bond donors (Lipinski definition) is 0. The molecule has 0 spiro atoms. The van der Waals surface area contributed by atoms with Gasteiger partial charge in [-0.25, -0.2) is 13.4 Å². The molecular weight excluding hydrogens is 628 g/mol. The molecule has 45 heavy (non-hydrogen) atoms. The van der Waals surface area contributed by atoms with E-state index in [4.69, 9.17) is 4.99 Å². The van der Waals surface area contributed by atoms with E-state index < -0.39 is 16.2 Å². The summed E-state index contributed by atoms with van der Waals surface area (Å²) in [6.45, 7) is 4.13. The molecule has 1 saturated heterocycles. The van der Waals surface area contributed by atoms with Gasteiger partial charge in [0.25, 0.3) is 5.91 Å². The molecule has 9 nitrogen and oxygen atoms in total. The van der Waals surface area contributed by atoms with Crippen LogP contribution in [0.1, 0.15) is 36.5 Å². The van der Waals surface area contributed by atoms with Gasteiger partial charge in [0, 0.05) is 23.7 Å². The molecule has 1 aromatic heterocycles. The maximum Gasteiger partial charge on any atom is 0.573 e. The van der Waals surface area contributed by atoms with Gasteiger partial charge in [0.15, 0.2) is 15.0 Å². The number of amides is 1. The Morgan fingerprint density at radius 2 is 1.80 bits per heavy atom. The minimum atomic E-state index is -4.83. The number of thioether (sulfide) groups is 1. The molecule has 1 fully saturated rings. The van der Waals surface area contributed by atoms with Crippen molar-refractivity contribution < 1.29 is 31.1 Å². The number of hydrogen-bond acceptors (Lipinski definition) is 8. The summed E-state index contributed by atoms with van der Waals surface area (Å²) in [5.74, 6) is -0.570. The van der Waals surface area contributed by atoms with Gasteiger partial charge in [-0.2, -0.15) is 15.2 Å². The summed E-state index contributed by atoms with van der Waals surface area (Å²) in [5.41, 5.74) is 4.51. The topological polar surface area (TPSA) is 106 Å². The van der Waals surface area contributed by atoms with E-state index in [-0.39, 0.29) is 34.0 Å². The first kappa shape index (κ1) is 30.6. The molecule has 0 N–H and O–H groups in total. The third-order valence-electron chi connectivity index (χ3n) is 7.28. The Kier molecular flexibility index (Phi) is 7.81. The van der Waals surface area contributed by atoms with E-state index in [1.807, 2.05) is 24.3 Å². The summed E-state index contributed by atoms with van der Waals surface area (Å²) in [6.07, 6.45) is -3.40. The Hall–Kier alpha value is -4.43. The first-order chi connectivity index (χ1) is 21.3. The Labute approximate surface area is 261 Å². The highest BCUT2D eigenvalue weighted by molar-refractivity contribution is 8.15. The van der Waals surface area contributed by atoms with Crippen molar-refractivity contribution in [2.45, 2.75) is 36.8 Å². The highest BCUT2D eigenvalue weighted by Crippen LogP contribution is 2.42. The number of benzene rings is 3. The number of fused-ring (bicyclic) bond motifs is 3. The van der Waals surface area contributed by atoms with Crippen LogP contribution in [0.3, 0.4) is 0 Å². The second-order valence-corrected chi connectivity index (χ2v) is 13.6. The van der Waals surface area contributed by atoms with Gasteiger partial charge < -0.3 is 4.74 Å². The smallest absolute Gasteiger partial charge is 0.406 e. The van der Waals surface area contributed by atoms with Crippen LogP contribution in [0.5, 0.6) is 5.75 Å². The summed E-state index contributed by atoms with van der Waals surface area (Å²) < 4.78 is 70.3. The molecule has 0 aliphatic carbocycles. The Morgan fingerprint density at radius 3 is 2.51 bits per heavy atom. The lowest BCUT2D eigenvalue weighted by molar-refractivity contribution is -0.274. The number of halogens is 3. The molecule has 0 unspecified atom stereocenters. The molecule has 3 aromatic carbocycles. The van der Waals surface area contributed by atoms with Crippen LogP contribution in [-0.2, 0) is 27.4 Å². The van der Waals surface area contributed by atoms with E-state index in [0.29, 0.717) is 38.8 Å². The summed E-state index contributed by atoms with van der Waals surface area (Å²) in [6, 6.07) is 17.7. The minimum absolute atomic E-state index is 0.0689. The van der Waals surface area contributed by atoms with Crippen LogP contribution < -0.4 is 4.74 Å². The zero-order valence-corrected chi connectivity index (χ0v) is 25.9. The first-order valence-electron chi connectivity index (χ1n) is 13.8. The second-order valence-electron chi connectivity index (χ2n) is 10.7. The van der Waals surface area contributed by atoms with E-state index >= 15 is 0 Å². The Morgan fingerprint density at radius 1 is 1.07 bits per heavy atom. The fourth-order valence-corrected chi connectivity index (χ4v) is 7.72. The number of hydrazone groups is 1. The molecule has 3 heterocycles. The lowest BCUT2D eigenvalue weighted by atomic mass is 10.0. The average Bonchev–Trinajstić information content (AvgIpc) is 3.49. The number of ether oxygens (including phenoxy) is 1. The average molecular weight is 654 g/mol. The fraction of sp³-hybridized carbons (Fsp3) is 0.226. The predicted molar refractivity (Wildman–Crippen MR) is 166 cm³/mol. The van der Waals surface area contributed by atoms with E-state index in [1.54, 1.807) is 19.2 Å². The van der Waals surface area contributed by atoms with E-state index in [0.717, 1.165) is 11.3 Å². The van der Waals surface area contributed by atoms with Crippen LogP contribution in [0, 0.1) is 0 Å². The van der Waals surface area contributed by atoms with Crippen molar-refractivity contribution in [3.8, 4) is 28.3 Å². The lowest BCUT2D eigenvalue weighted by Crippen LogP contribution is -2.24. The molecule has 2 aliphatic rings. The summed E-state index contributed by atoms with van der Waals surface area (Å²) in [7, 11) is -2.19. The number of para-hydroxylation sites is 1. The minimum Gasteiger partial charge on any atom is -0.406 e. The molecule has 0 atom stereocenters. The van der Waals surface area contributed by atoms with Gasteiger partial charge in [-0.1, -0.05) is 55.9 Å². The van der Waals surface area contributed by atoms with Gasteiger partial charge in [-0.15, -0.1) is 13.2 Å². The van der Waals surface area contributed by atoms with Gasteiger partial charge in [0.2, 0.25) is 0 Å². The van der Waals surface area contributed by atoms with Gasteiger partial charge >= 0.3 is 6.36 Å².